The van der Waals surface area contributed by atoms with Gasteiger partial charge in [0.25, 0.3) is 10.0 Å². The first kappa shape index (κ1) is 32.9. The highest BCUT2D eigenvalue weighted by molar-refractivity contribution is 9.10. The zero-order chi connectivity index (χ0) is 31.9. The number of carbonyl (C=O) groups is 2. The van der Waals surface area contributed by atoms with Gasteiger partial charge in [-0.1, -0.05) is 88.7 Å². The molecule has 4 aromatic carbocycles. The van der Waals surface area contributed by atoms with E-state index in [0.717, 1.165) is 26.0 Å². The molecule has 4 aromatic rings. The molecule has 0 aliphatic heterocycles. The molecule has 0 bridgehead atoms. The summed E-state index contributed by atoms with van der Waals surface area (Å²) < 4.78 is 44.6. The van der Waals surface area contributed by atoms with Crippen molar-refractivity contribution in [1.29, 1.82) is 0 Å². The molecule has 44 heavy (non-hydrogen) atoms. The van der Waals surface area contributed by atoms with E-state index < -0.39 is 45.8 Å². The van der Waals surface area contributed by atoms with Crippen LogP contribution >= 0.6 is 15.9 Å². The highest BCUT2D eigenvalue weighted by Gasteiger charge is 2.36. The number of para-hydroxylation sites is 1. The smallest absolute Gasteiger partial charge is 0.264 e. The van der Waals surface area contributed by atoms with E-state index in [0.29, 0.717) is 0 Å². The van der Waals surface area contributed by atoms with Crippen LogP contribution in [0.4, 0.5) is 10.1 Å². The van der Waals surface area contributed by atoms with Crippen molar-refractivity contribution >= 4 is 43.5 Å². The molecule has 230 valence electrons. The number of halogens is 2. The van der Waals surface area contributed by atoms with Gasteiger partial charge < -0.3 is 10.2 Å². The summed E-state index contributed by atoms with van der Waals surface area (Å²) in [6.45, 7) is 4.81. The highest BCUT2D eigenvalue weighted by atomic mass is 79.9. The number of carbonyl (C=O) groups excluding carboxylic acids is 2. The Kier molecular flexibility index (Phi) is 10.6. The molecular formula is C34H35BrFN3O4S. The molecule has 7 nitrogen and oxygen atoms in total. The number of benzene rings is 4. The van der Waals surface area contributed by atoms with E-state index in [4.69, 9.17) is 0 Å². The second-order valence-electron chi connectivity index (χ2n) is 11.4. The molecule has 1 N–H and O–H groups in total. The first-order chi connectivity index (χ1) is 20.8. The third-order valence-electron chi connectivity index (χ3n) is 6.77. The van der Waals surface area contributed by atoms with Crippen molar-refractivity contribution in [1.82, 2.24) is 10.2 Å². The molecule has 0 radical (unpaired) electrons. The van der Waals surface area contributed by atoms with Crippen LogP contribution in [0.2, 0.25) is 0 Å². The molecule has 2 amide bonds. The molecule has 4 rings (SSSR count). The van der Waals surface area contributed by atoms with Gasteiger partial charge in [0.2, 0.25) is 11.8 Å². The molecule has 0 fully saturated rings. The molecule has 0 saturated heterocycles. The minimum atomic E-state index is -4.38. The Labute approximate surface area is 266 Å². The minimum absolute atomic E-state index is 0.0116. The van der Waals surface area contributed by atoms with Crippen LogP contribution in [0.25, 0.3) is 0 Å². The second-order valence-corrected chi connectivity index (χ2v) is 14.1. The number of nitrogens with zero attached hydrogens (tertiary/aromatic N) is 2. The van der Waals surface area contributed by atoms with Crippen LogP contribution in [0.3, 0.4) is 0 Å². The van der Waals surface area contributed by atoms with Crippen molar-refractivity contribution in [3.05, 3.63) is 131 Å². The number of sulfonamides is 1. The van der Waals surface area contributed by atoms with Crippen LogP contribution < -0.4 is 9.62 Å². The fourth-order valence-electron chi connectivity index (χ4n) is 4.68. The number of hydrogen-bond donors (Lipinski definition) is 1. The Hall–Kier alpha value is -4.02. The lowest BCUT2D eigenvalue weighted by Gasteiger charge is -2.35. The summed E-state index contributed by atoms with van der Waals surface area (Å²) in [7, 11) is -4.38. The third-order valence-corrected chi connectivity index (χ3v) is 9.07. The molecule has 1 atom stereocenters. The summed E-state index contributed by atoms with van der Waals surface area (Å²) in [5, 5.41) is 2.99. The van der Waals surface area contributed by atoms with Gasteiger partial charge in [0, 0.05) is 23.0 Å². The van der Waals surface area contributed by atoms with Crippen molar-refractivity contribution in [3.63, 3.8) is 0 Å². The van der Waals surface area contributed by atoms with Crippen LogP contribution in [0.5, 0.6) is 0 Å². The van der Waals surface area contributed by atoms with Crippen molar-refractivity contribution in [2.75, 3.05) is 10.8 Å². The number of hydrogen-bond acceptors (Lipinski definition) is 4. The molecule has 0 heterocycles. The Balaban J connectivity index is 1.82. The van der Waals surface area contributed by atoms with E-state index in [-0.39, 0.29) is 23.5 Å². The maximum absolute atomic E-state index is 15.2. The molecule has 1 unspecified atom stereocenters. The molecule has 0 spiro atoms. The third kappa shape index (κ3) is 8.54. The van der Waals surface area contributed by atoms with Crippen LogP contribution in [-0.2, 0) is 32.6 Å². The largest absolute Gasteiger partial charge is 0.350 e. The molecule has 0 aliphatic rings. The summed E-state index contributed by atoms with van der Waals surface area (Å²) in [5.74, 6) is -1.86. The summed E-state index contributed by atoms with van der Waals surface area (Å²) >= 11 is 3.43. The van der Waals surface area contributed by atoms with E-state index in [2.05, 4.69) is 21.2 Å². The monoisotopic (exact) mass is 679 g/mol. The topological polar surface area (TPSA) is 86.8 Å². The second kappa shape index (κ2) is 14.2. The van der Waals surface area contributed by atoms with E-state index in [1.165, 1.54) is 35.2 Å². The van der Waals surface area contributed by atoms with Crippen LogP contribution in [-0.4, -0.2) is 43.3 Å². The predicted molar refractivity (Wildman–Crippen MR) is 174 cm³/mol. The van der Waals surface area contributed by atoms with Gasteiger partial charge in [-0.2, -0.15) is 0 Å². The van der Waals surface area contributed by atoms with Gasteiger partial charge in [-0.3, -0.25) is 13.9 Å². The van der Waals surface area contributed by atoms with Crippen molar-refractivity contribution in [2.24, 2.45) is 0 Å². The maximum atomic E-state index is 15.2. The predicted octanol–water partition coefficient (Wildman–Crippen LogP) is 6.34. The van der Waals surface area contributed by atoms with Gasteiger partial charge in [-0.25, -0.2) is 12.8 Å². The Bertz CT molecular complexity index is 1680. The number of amides is 2. The van der Waals surface area contributed by atoms with Gasteiger partial charge in [0.15, 0.2) is 0 Å². The van der Waals surface area contributed by atoms with Gasteiger partial charge in [0.05, 0.1) is 10.6 Å². The van der Waals surface area contributed by atoms with Crippen LogP contribution in [0.15, 0.2) is 119 Å². The molecule has 0 aromatic heterocycles. The van der Waals surface area contributed by atoms with Crippen molar-refractivity contribution < 1.29 is 22.4 Å². The molecule has 0 aliphatic carbocycles. The van der Waals surface area contributed by atoms with Gasteiger partial charge in [-0.15, -0.1) is 0 Å². The average molecular weight is 681 g/mol. The first-order valence-corrected chi connectivity index (χ1v) is 16.3. The number of anilines is 1. The van der Waals surface area contributed by atoms with Gasteiger partial charge in [-0.05, 0) is 68.3 Å². The normalized spacial score (nSPS) is 12.3. The average Bonchev–Trinajstić information content (AvgIpc) is 2.99. The van der Waals surface area contributed by atoms with E-state index >= 15 is 4.39 Å². The van der Waals surface area contributed by atoms with E-state index in [1.54, 1.807) is 18.2 Å². The minimum Gasteiger partial charge on any atom is -0.350 e. The summed E-state index contributed by atoms with van der Waals surface area (Å²) in [5.41, 5.74) is 0.672. The van der Waals surface area contributed by atoms with Crippen molar-refractivity contribution in [2.45, 2.75) is 50.2 Å². The highest BCUT2D eigenvalue weighted by Crippen LogP contribution is 2.27. The first-order valence-electron chi connectivity index (χ1n) is 14.1. The summed E-state index contributed by atoms with van der Waals surface area (Å²) in [6, 6.07) is 28.5. The molecule has 0 saturated carbocycles. The number of rotatable bonds is 11. The summed E-state index contributed by atoms with van der Waals surface area (Å²) in [4.78, 5) is 29.6. The van der Waals surface area contributed by atoms with E-state index in [9.17, 15) is 18.0 Å². The Morgan fingerprint density at radius 1 is 0.818 bits per heavy atom. The molecule has 10 heteroatoms. The number of nitrogens with one attached hydrogen (secondary N) is 1. The lowest BCUT2D eigenvalue weighted by molar-refractivity contribution is -0.140. The zero-order valence-corrected chi connectivity index (χ0v) is 27.2. The SMILES string of the molecule is CC(C)(C)NC(=O)C(Cc1ccccc1)N(Cc1ccc(Br)cc1)C(=O)CN(c1ccccc1F)S(=O)(=O)c1ccccc1. The van der Waals surface area contributed by atoms with Crippen LogP contribution in [0.1, 0.15) is 31.9 Å². The zero-order valence-electron chi connectivity index (χ0n) is 24.8. The Morgan fingerprint density at radius 3 is 1.98 bits per heavy atom. The van der Waals surface area contributed by atoms with Gasteiger partial charge >= 0.3 is 0 Å². The fourth-order valence-corrected chi connectivity index (χ4v) is 6.39. The molecular weight excluding hydrogens is 645 g/mol. The van der Waals surface area contributed by atoms with Crippen LogP contribution in [0, 0.1) is 5.82 Å². The quantitative estimate of drug-likeness (QED) is 0.201. The van der Waals surface area contributed by atoms with Gasteiger partial charge in [0.1, 0.15) is 18.4 Å². The maximum Gasteiger partial charge on any atom is 0.264 e. The van der Waals surface area contributed by atoms with E-state index in [1.807, 2.05) is 75.4 Å². The standard InChI is InChI=1S/C34H35BrFN3O4S/c1-34(2,3)37-33(41)31(22-25-12-6-4-7-13-25)38(23-26-18-20-27(35)21-19-26)32(40)24-39(30-17-11-10-16-29(30)36)44(42,43)28-14-8-5-9-15-28/h4-21,31H,22-24H2,1-3H3,(H,37,41). The Morgan fingerprint density at radius 2 is 1.39 bits per heavy atom. The lowest BCUT2D eigenvalue weighted by Crippen LogP contribution is -2.56. The fraction of sp³-hybridized carbons (Fsp3) is 0.235. The van der Waals surface area contributed by atoms with Crippen molar-refractivity contribution in [3.8, 4) is 0 Å². The lowest BCUT2D eigenvalue weighted by atomic mass is 10.0. The summed E-state index contributed by atoms with van der Waals surface area (Å²) in [6.07, 6.45) is 0.177.